The molecule has 60 heavy (non-hydrogen) atoms. The predicted molar refractivity (Wildman–Crippen MR) is 253 cm³/mol. The van der Waals surface area contributed by atoms with Gasteiger partial charge in [0, 0.05) is 40.6 Å². The highest BCUT2D eigenvalue weighted by Gasteiger charge is 2.25. The maximum Gasteiger partial charge on any atom is 0.294 e. The number of para-hydroxylation sites is 1. The van der Waals surface area contributed by atoms with Crippen molar-refractivity contribution >= 4 is 5.69 Å². The first-order valence-corrected chi connectivity index (χ1v) is 20.5. The van der Waals surface area contributed by atoms with Gasteiger partial charge >= 0.3 is 0 Å². The summed E-state index contributed by atoms with van der Waals surface area (Å²) >= 11 is 0. The largest absolute Gasteiger partial charge is 0.311 e. The van der Waals surface area contributed by atoms with E-state index < -0.39 is 0 Å². The molecule has 0 bridgehead atoms. The molecule has 0 fully saturated rings. The molecule has 0 aliphatic rings. The van der Waals surface area contributed by atoms with Gasteiger partial charge in [0.05, 0.1) is 11.3 Å². The molecule has 0 amide bonds. The monoisotopic (exact) mass is 784 g/mol. The summed E-state index contributed by atoms with van der Waals surface area (Å²) in [4.78, 5) is 7.25. The molecule has 5 aromatic carbocycles. The molecule has 7 rings (SSSR count). The summed E-state index contributed by atoms with van der Waals surface area (Å²) in [6.07, 6.45) is 24.4. The lowest BCUT2D eigenvalue weighted by Gasteiger charge is -2.28. The zero-order valence-corrected chi connectivity index (χ0v) is 35.7. The Balaban J connectivity index is 1.28. The number of imidazole rings is 2. The predicted octanol–water partition coefficient (Wildman–Crippen LogP) is 13.3. The normalized spacial score (nSPS) is 12.1. The highest BCUT2D eigenvalue weighted by molar-refractivity contribution is 5.76. The van der Waals surface area contributed by atoms with Crippen LogP contribution in [-0.2, 0) is 6.54 Å². The number of nitrogens with zero attached hydrogens (tertiary/aromatic N) is 5. The second kappa shape index (κ2) is 18.6. The molecule has 0 radical (unpaired) electrons. The fourth-order valence-electron chi connectivity index (χ4n) is 8.32. The number of anilines is 1. The zero-order chi connectivity index (χ0) is 42.2. The van der Waals surface area contributed by atoms with Crippen LogP contribution in [0.4, 0.5) is 5.69 Å². The second-order valence-corrected chi connectivity index (χ2v) is 15.0. The molecule has 0 saturated heterocycles. The molecule has 0 atom stereocenters. The maximum absolute atomic E-state index is 5.02. The summed E-state index contributed by atoms with van der Waals surface area (Å²) in [6, 6.07) is 39.1. The van der Waals surface area contributed by atoms with Gasteiger partial charge in [-0.1, -0.05) is 110 Å². The minimum atomic E-state index is 0.672. The maximum atomic E-state index is 5.02. The van der Waals surface area contributed by atoms with Gasteiger partial charge in [0.1, 0.15) is 30.5 Å². The lowest BCUT2D eigenvalue weighted by atomic mass is 9.97. The van der Waals surface area contributed by atoms with Crippen LogP contribution in [0.2, 0.25) is 0 Å². The van der Waals surface area contributed by atoms with Gasteiger partial charge < -0.3 is 4.90 Å². The molecule has 5 heteroatoms. The molecule has 298 valence electrons. The Bertz CT molecular complexity index is 2710. The molecule has 0 aliphatic heterocycles. The average molecular weight is 785 g/mol. The lowest BCUT2D eigenvalue weighted by Crippen LogP contribution is -2.35. The molecule has 0 aliphatic carbocycles. The first-order valence-electron chi connectivity index (χ1n) is 20.5. The summed E-state index contributed by atoms with van der Waals surface area (Å²) < 4.78 is 6.95. The quantitative estimate of drug-likeness (QED) is 0.0812. The van der Waals surface area contributed by atoms with Gasteiger partial charge in [0.15, 0.2) is 0 Å². The van der Waals surface area contributed by atoms with E-state index in [0.717, 1.165) is 67.8 Å². The van der Waals surface area contributed by atoms with Gasteiger partial charge in [-0.2, -0.15) is 4.57 Å². The van der Waals surface area contributed by atoms with Crippen LogP contribution in [0.3, 0.4) is 0 Å². The van der Waals surface area contributed by atoms with E-state index in [-0.39, 0.29) is 0 Å². The number of aromatic nitrogens is 4. The van der Waals surface area contributed by atoms with Crippen molar-refractivity contribution in [3.8, 4) is 45.3 Å². The van der Waals surface area contributed by atoms with Crippen LogP contribution in [-0.4, -0.2) is 14.1 Å². The van der Waals surface area contributed by atoms with Crippen LogP contribution >= 0.6 is 0 Å². The van der Waals surface area contributed by atoms with Crippen molar-refractivity contribution in [2.24, 2.45) is 0 Å². The van der Waals surface area contributed by atoms with Crippen molar-refractivity contribution in [3.05, 3.63) is 235 Å². The van der Waals surface area contributed by atoms with E-state index in [1.807, 2.05) is 56.5 Å². The van der Waals surface area contributed by atoms with E-state index in [4.69, 9.17) is 4.98 Å². The molecule has 2 heterocycles. The number of hydrogen-bond donors (Lipinski definition) is 0. The van der Waals surface area contributed by atoms with Gasteiger partial charge in [-0.25, -0.2) is 9.55 Å². The van der Waals surface area contributed by atoms with E-state index in [0.29, 0.717) is 6.54 Å². The standard InChI is InChI=1S/C55H54N5/c1-9-20-48(21-10-2)60(49(22-11-3)23-12-4)50-30-19-29-45(38-50)47-36-42(7)53(43(8)37-47)58-33-32-56-54(58)51-31-17-16-28-46(51)39-57-34-35-59(52-40(5)24-18-25-41(52)6)55(57)44-26-14-13-15-27-44/h9-38H,1,3,39H2,2,4-8H3/q+1/b21-10-,23-12-,48-20+,49-22+. The summed E-state index contributed by atoms with van der Waals surface area (Å²) in [6.45, 7) is 21.5. The van der Waals surface area contributed by atoms with Crippen LogP contribution in [0.15, 0.2) is 207 Å². The zero-order valence-electron chi connectivity index (χ0n) is 35.7. The third-order valence-corrected chi connectivity index (χ3v) is 10.8. The second-order valence-electron chi connectivity index (χ2n) is 15.0. The van der Waals surface area contributed by atoms with E-state index in [9.17, 15) is 0 Å². The smallest absolute Gasteiger partial charge is 0.294 e. The Kier molecular flexibility index (Phi) is 12.7. The van der Waals surface area contributed by atoms with Gasteiger partial charge in [-0.3, -0.25) is 4.57 Å². The molecular weight excluding hydrogens is 731 g/mol. The van der Waals surface area contributed by atoms with Gasteiger partial charge in [-0.05, 0) is 136 Å². The number of rotatable bonds is 14. The molecule has 0 unspecified atom stereocenters. The average Bonchev–Trinajstić information content (AvgIpc) is 3.89. The molecule has 7 aromatic rings. The summed E-state index contributed by atoms with van der Waals surface area (Å²) in [5, 5.41) is 0. The summed E-state index contributed by atoms with van der Waals surface area (Å²) in [7, 11) is 0. The fourth-order valence-corrected chi connectivity index (χ4v) is 8.32. The van der Waals surface area contributed by atoms with Crippen molar-refractivity contribution < 1.29 is 4.57 Å². The van der Waals surface area contributed by atoms with Crippen LogP contribution in [0.5, 0.6) is 0 Å². The SMILES string of the molecule is C=C/C=C(\C=C/C)N(C(/C=C\C)=C/C=C)c1cccc(-c2cc(C)c(-n3ccnc3-c3ccccc3C[n+]3ccn(-c4c(C)cccc4C)c3-c3ccccc3)c(C)c2)c1. The van der Waals surface area contributed by atoms with Crippen LogP contribution < -0.4 is 9.47 Å². The Morgan fingerprint density at radius 3 is 1.88 bits per heavy atom. The summed E-state index contributed by atoms with van der Waals surface area (Å²) in [5.41, 5.74) is 15.9. The fraction of sp³-hybridized carbons (Fsp3) is 0.127. The first-order chi connectivity index (χ1) is 29.3. The third-order valence-electron chi connectivity index (χ3n) is 10.8. The Labute approximate surface area is 356 Å². The number of allylic oxidation sites excluding steroid dienone is 8. The molecular formula is C55H54N5+. The molecule has 0 N–H and O–H groups in total. The van der Waals surface area contributed by atoms with Gasteiger partial charge in [0.2, 0.25) is 0 Å². The third kappa shape index (κ3) is 8.34. The number of aryl methyl sites for hydroxylation is 4. The van der Waals surface area contributed by atoms with Gasteiger partial charge in [0.25, 0.3) is 5.82 Å². The number of benzene rings is 5. The first kappa shape index (κ1) is 40.9. The lowest BCUT2D eigenvalue weighted by molar-refractivity contribution is -0.676. The van der Waals surface area contributed by atoms with Gasteiger partial charge in [-0.15, -0.1) is 0 Å². The minimum absolute atomic E-state index is 0.672. The molecule has 0 saturated carbocycles. The Morgan fingerprint density at radius 1 is 0.633 bits per heavy atom. The Morgan fingerprint density at radius 2 is 1.23 bits per heavy atom. The van der Waals surface area contributed by atoms with Crippen molar-refractivity contribution in [2.75, 3.05) is 4.90 Å². The van der Waals surface area contributed by atoms with Crippen molar-refractivity contribution in [1.29, 1.82) is 0 Å². The number of hydrogen-bond acceptors (Lipinski definition) is 2. The van der Waals surface area contributed by atoms with E-state index in [2.05, 4.69) is 199 Å². The van der Waals surface area contributed by atoms with E-state index >= 15 is 0 Å². The summed E-state index contributed by atoms with van der Waals surface area (Å²) in [5.74, 6) is 2.04. The van der Waals surface area contributed by atoms with E-state index in [1.165, 1.54) is 22.4 Å². The van der Waals surface area contributed by atoms with Crippen LogP contribution in [0.1, 0.15) is 41.7 Å². The van der Waals surface area contributed by atoms with Crippen molar-refractivity contribution in [2.45, 2.75) is 48.1 Å². The van der Waals surface area contributed by atoms with Crippen LogP contribution in [0, 0.1) is 27.7 Å². The van der Waals surface area contributed by atoms with Crippen molar-refractivity contribution in [3.63, 3.8) is 0 Å². The highest BCUT2D eigenvalue weighted by atomic mass is 15.2. The Hall–Kier alpha value is -7.24. The highest BCUT2D eigenvalue weighted by Crippen LogP contribution is 2.35. The minimum Gasteiger partial charge on any atom is -0.311 e. The van der Waals surface area contributed by atoms with Crippen molar-refractivity contribution in [1.82, 2.24) is 14.1 Å². The molecule has 2 aromatic heterocycles. The van der Waals surface area contributed by atoms with E-state index in [1.54, 1.807) is 0 Å². The molecule has 0 spiro atoms. The topological polar surface area (TPSA) is 29.9 Å². The molecule has 5 nitrogen and oxygen atoms in total. The van der Waals surface area contributed by atoms with Crippen LogP contribution in [0.25, 0.3) is 45.3 Å².